The maximum absolute atomic E-state index is 10.6. The average Bonchev–Trinajstić information content (AvgIpc) is 2.48. The van der Waals surface area contributed by atoms with Crippen molar-refractivity contribution in [2.75, 3.05) is 0 Å². The number of aromatic carboxylic acids is 1. The second-order valence-corrected chi connectivity index (χ2v) is 4.91. The third-order valence-corrected chi connectivity index (χ3v) is 3.35. The van der Waals surface area contributed by atoms with Gasteiger partial charge in [0, 0.05) is 24.1 Å². The van der Waals surface area contributed by atoms with Gasteiger partial charge in [0.05, 0.1) is 5.97 Å². The lowest BCUT2D eigenvalue weighted by Gasteiger charge is -2.02. The number of carbonyl (C=O) groups excluding carboxylic acids is 1. The molecule has 3 heteroatoms. The Morgan fingerprint density at radius 3 is 2.30 bits per heavy atom. The summed E-state index contributed by atoms with van der Waals surface area (Å²) in [5, 5.41) is 10.6. The van der Waals surface area contributed by atoms with Crippen LogP contribution >= 0.6 is 0 Å². The fraction of sp³-hybridized carbons (Fsp3) is 0.294. The summed E-state index contributed by atoms with van der Waals surface area (Å²) < 4.78 is 2.01. The highest BCUT2D eigenvalue weighted by atomic mass is 16.4. The van der Waals surface area contributed by atoms with Crippen LogP contribution in [-0.4, -0.2) is 5.97 Å². The first kappa shape index (κ1) is 14.3. The van der Waals surface area contributed by atoms with Crippen molar-refractivity contribution >= 4 is 5.97 Å². The molecule has 0 aliphatic rings. The number of hydrogen-bond acceptors (Lipinski definition) is 2. The third kappa shape index (κ3) is 4.50. The van der Waals surface area contributed by atoms with Crippen LogP contribution in [-0.2, 0) is 13.0 Å². The van der Waals surface area contributed by atoms with Gasteiger partial charge < -0.3 is 9.90 Å². The standard InChI is InChI=1S/C17H19NO2/c19-17(20)16-10-13-18(14-11-16)12-6-2-5-9-15-7-3-1-4-8-15/h1,3-4,7-8,10-11,13-14H,2,5-6,9,12H2. The van der Waals surface area contributed by atoms with Gasteiger partial charge in [0.2, 0.25) is 0 Å². The molecule has 2 rings (SSSR count). The summed E-state index contributed by atoms with van der Waals surface area (Å²) in [6.07, 6.45) is 8.16. The number of benzene rings is 1. The van der Waals surface area contributed by atoms with E-state index in [2.05, 4.69) is 24.3 Å². The van der Waals surface area contributed by atoms with Crippen LogP contribution in [0.2, 0.25) is 0 Å². The SMILES string of the molecule is O=C([O-])c1cc[n+](CCCCCc2ccccc2)cc1. The molecule has 0 saturated carbocycles. The number of unbranched alkanes of at least 4 members (excludes halogenated alkanes) is 2. The molecule has 2 aromatic rings. The number of aryl methyl sites for hydroxylation is 2. The zero-order chi connectivity index (χ0) is 14.2. The fourth-order valence-electron chi connectivity index (χ4n) is 2.19. The van der Waals surface area contributed by atoms with Crippen molar-refractivity contribution in [1.29, 1.82) is 0 Å². The minimum absolute atomic E-state index is 0.227. The number of rotatable bonds is 7. The van der Waals surface area contributed by atoms with Crippen molar-refractivity contribution in [2.24, 2.45) is 0 Å². The Kier molecular flexibility index (Phi) is 5.30. The summed E-state index contributed by atoms with van der Waals surface area (Å²) >= 11 is 0. The van der Waals surface area contributed by atoms with Crippen LogP contribution in [0, 0.1) is 0 Å². The number of carboxylic acid groups (broad SMARTS) is 1. The number of aromatic nitrogens is 1. The normalized spacial score (nSPS) is 10.4. The van der Waals surface area contributed by atoms with Gasteiger partial charge in [0.15, 0.2) is 12.4 Å². The molecule has 0 atom stereocenters. The lowest BCUT2D eigenvalue weighted by Crippen LogP contribution is -2.33. The molecular formula is C17H19NO2. The van der Waals surface area contributed by atoms with E-state index in [-0.39, 0.29) is 5.56 Å². The average molecular weight is 269 g/mol. The quantitative estimate of drug-likeness (QED) is 0.568. The molecule has 104 valence electrons. The number of carboxylic acids is 1. The first-order valence-corrected chi connectivity index (χ1v) is 7.00. The molecule has 0 spiro atoms. The summed E-state index contributed by atoms with van der Waals surface area (Å²) in [5.74, 6) is -1.12. The van der Waals surface area contributed by atoms with E-state index < -0.39 is 5.97 Å². The second kappa shape index (κ2) is 7.43. The highest BCUT2D eigenvalue weighted by Crippen LogP contribution is 2.06. The zero-order valence-corrected chi connectivity index (χ0v) is 11.5. The summed E-state index contributed by atoms with van der Waals surface area (Å²) in [5.41, 5.74) is 1.61. The molecule has 0 saturated heterocycles. The van der Waals surface area contributed by atoms with Gasteiger partial charge in [-0.25, -0.2) is 4.57 Å². The van der Waals surface area contributed by atoms with E-state index in [9.17, 15) is 9.90 Å². The predicted octanol–water partition coefficient (Wildman–Crippen LogP) is 1.75. The Balaban J connectivity index is 1.67. The Morgan fingerprint density at radius 2 is 1.65 bits per heavy atom. The molecule has 1 aromatic carbocycles. The molecule has 0 bridgehead atoms. The van der Waals surface area contributed by atoms with Gasteiger partial charge in [-0.15, -0.1) is 0 Å². The summed E-state index contributed by atoms with van der Waals surface area (Å²) in [6, 6.07) is 13.7. The Morgan fingerprint density at radius 1 is 0.950 bits per heavy atom. The number of hydrogen-bond donors (Lipinski definition) is 0. The van der Waals surface area contributed by atoms with Crippen LogP contribution in [0.3, 0.4) is 0 Å². The largest absolute Gasteiger partial charge is 0.545 e. The van der Waals surface area contributed by atoms with Crippen molar-refractivity contribution in [1.82, 2.24) is 0 Å². The van der Waals surface area contributed by atoms with Gasteiger partial charge >= 0.3 is 0 Å². The van der Waals surface area contributed by atoms with Gasteiger partial charge in [0.1, 0.15) is 6.54 Å². The van der Waals surface area contributed by atoms with E-state index in [1.165, 1.54) is 18.4 Å². The van der Waals surface area contributed by atoms with E-state index in [1.807, 2.05) is 10.6 Å². The van der Waals surface area contributed by atoms with Gasteiger partial charge in [-0.2, -0.15) is 0 Å². The zero-order valence-electron chi connectivity index (χ0n) is 11.5. The molecule has 1 heterocycles. The minimum Gasteiger partial charge on any atom is -0.545 e. The van der Waals surface area contributed by atoms with Gasteiger partial charge in [-0.05, 0) is 24.8 Å². The molecule has 1 aromatic heterocycles. The molecule has 0 N–H and O–H groups in total. The van der Waals surface area contributed by atoms with Crippen LogP contribution < -0.4 is 9.67 Å². The minimum atomic E-state index is -1.12. The molecule has 0 unspecified atom stereocenters. The molecular weight excluding hydrogens is 250 g/mol. The maximum atomic E-state index is 10.6. The van der Waals surface area contributed by atoms with Crippen molar-refractivity contribution in [3.8, 4) is 0 Å². The van der Waals surface area contributed by atoms with E-state index >= 15 is 0 Å². The Hall–Kier alpha value is -2.16. The Bertz CT molecular complexity index is 535. The van der Waals surface area contributed by atoms with Crippen LogP contribution in [0.5, 0.6) is 0 Å². The van der Waals surface area contributed by atoms with Crippen LogP contribution in [0.1, 0.15) is 35.2 Å². The number of pyridine rings is 1. The first-order valence-electron chi connectivity index (χ1n) is 7.00. The molecule has 0 aliphatic heterocycles. The van der Waals surface area contributed by atoms with Crippen LogP contribution in [0.15, 0.2) is 54.9 Å². The highest BCUT2D eigenvalue weighted by Gasteiger charge is 2.01. The van der Waals surface area contributed by atoms with Crippen molar-refractivity contribution in [3.05, 3.63) is 66.0 Å². The fourth-order valence-corrected chi connectivity index (χ4v) is 2.19. The van der Waals surface area contributed by atoms with Gasteiger partial charge in [0.25, 0.3) is 0 Å². The van der Waals surface area contributed by atoms with Gasteiger partial charge in [-0.1, -0.05) is 30.3 Å². The monoisotopic (exact) mass is 269 g/mol. The highest BCUT2D eigenvalue weighted by molar-refractivity contribution is 5.85. The van der Waals surface area contributed by atoms with Gasteiger partial charge in [-0.3, -0.25) is 0 Å². The molecule has 0 amide bonds. The topological polar surface area (TPSA) is 44.0 Å². The second-order valence-electron chi connectivity index (χ2n) is 4.91. The molecule has 3 nitrogen and oxygen atoms in total. The number of nitrogens with zero attached hydrogens (tertiary/aromatic N) is 1. The molecule has 20 heavy (non-hydrogen) atoms. The van der Waals surface area contributed by atoms with Crippen molar-refractivity contribution in [2.45, 2.75) is 32.2 Å². The molecule has 0 aliphatic carbocycles. The van der Waals surface area contributed by atoms with Crippen LogP contribution in [0.4, 0.5) is 0 Å². The summed E-state index contributed by atoms with van der Waals surface area (Å²) in [4.78, 5) is 10.6. The maximum Gasteiger partial charge on any atom is 0.169 e. The lowest BCUT2D eigenvalue weighted by atomic mass is 10.1. The first-order chi connectivity index (χ1) is 9.75. The smallest absolute Gasteiger partial charge is 0.169 e. The molecule has 0 fully saturated rings. The molecule has 0 radical (unpaired) electrons. The van der Waals surface area contributed by atoms with Crippen molar-refractivity contribution in [3.63, 3.8) is 0 Å². The van der Waals surface area contributed by atoms with E-state index in [0.29, 0.717) is 0 Å². The van der Waals surface area contributed by atoms with E-state index in [0.717, 1.165) is 19.4 Å². The predicted molar refractivity (Wildman–Crippen MR) is 75.0 cm³/mol. The summed E-state index contributed by atoms with van der Waals surface area (Å²) in [6.45, 7) is 0.919. The summed E-state index contributed by atoms with van der Waals surface area (Å²) in [7, 11) is 0. The lowest BCUT2D eigenvalue weighted by molar-refractivity contribution is -0.697. The van der Waals surface area contributed by atoms with E-state index in [1.54, 1.807) is 24.5 Å². The number of carbonyl (C=O) groups is 1. The Labute approximate surface area is 119 Å². The van der Waals surface area contributed by atoms with E-state index in [4.69, 9.17) is 0 Å². The third-order valence-electron chi connectivity index (χ3n) is 3.35. The van der Waals surface area contributed by atoms with Crippen molar-refractivity contribution < 1.29 is 14.5 Å². The van der Waals surface area contributed by atoms with Crippen LogP contribution in [0.25, 0.3) is 0 Å².